The van der Waals surface area contributed by atoms with Gasteiger partial charge in [-0.1, -0.05) is 42.0 Å². The number of carboxylic acids is 1. The van der Waals surface area contributed by atoms with E-state index >= 15 is 0 Å². The van der Waals surface area contributed by atoms with Crippen molar-refractivity contribution in [1.29, 1.82) is 0 Å². The number of carboxylic acid groups (broad SMARTS) is 1. The quantitative estimate of drug-likeness (QED) is 0.566. The number of hydrogen-bond acceptors (Lipinski definition) is 3. The molecule has 156 valence electrons. The molecule has 3 rings (SSSR count). The van der Waals surface area contributed by atoms with Crippen molar-refractivity contribution in [3.63, 3.8) is 0 Å². The molecule has 6 heteroatoms. The molecule has 0 fully saturated rings. The number of sulfonamides is 1. The smallest absolute Gasteiger partial charge is 0.335 e. The average Bonchev–Trinajstić information content (AvgIpc) is 2.66. The number of anilines is 1. The normalized spacial score (nSPS) is 11.3. The maximum atomic E-state index is 12.9. The van der Waals surface area contributed by atoms with E-state index in [9.17, 15) is 13.2 Å². The molecule has 0 unspecified atom stereocenters. The number of rotatable bonds is 7. The van der Waals surface area contributed by atoms with Gasteiger partial charge in [0.05, 0.1) is 10.5 Å². The van der Waals surface area contributed by atoms with Gasteiger partial charge in [-0.25, -0.2) is 13.2 Å². The van der Waals surface area contributed by atoms with Crippen molar-refractivity contribution in [2.24, 2.45) is 0 Å². The van der Waals surface area contributed by atoms with Gasteiger partial charge >= 0.3 is 5.97 Å². The number of benzene rings is 3. The fraction of sp³-hybridized carbons (Fsp3) is 0.208. The fourth-order valence-electron chi connectivity index (χ4n) is 3.68. The minimum absolute atomic E-state index is 0.277. The lowest BCUT2D eigenvalue weighted by molar-refractivity contribution is 0.0696. The lowest BCUT2D eigenvalue weighted by atomic mass is 10.0. The minimum Gasteiger partial charge on any atom is -0.478 e. The third kappa shape index (κ3) is 5.07. The number of aryl methyl sites for hydroxylation is 5. The minimum atomic E-state index is -3.68. The topological polar surface area (TPSA) is 83.5 Å². The third-order valence-electron chi connectivity index (χ3n) is 4.96. The third-order valence-corrected chi connectivity index (χ3v) is 6.64. The van der Waals surface area contributed by atoms with Crippen molar-refractivity contribution >= 4 is 21.7 Å². The number of hydrogen-bond donors (Lipinski definition) is 2. The van der Waals surface area contributed by atoms with E-state index < -0.39 is 16.0 Å². The van der Waals surface area contributed by atoms with Crippen LogP contribution < -0.4 is 4.72 Å². The van der Waals surface area contributed by atoms with Crippen LogP contribution >= 0.6 is 0 Å². The maximum Gasteiger partial charge on any atom is 0.335 e. The molecular weight excluding hydrogens is 398 g/mol. The highest BCUT2D eigenvalue weighted by Gasteiger charge is 2.20. The summed E-state index contributed by atoms with van der Waals surface area (Å²) in [4.78, 5) is 11.4. The van der Waals surface area contributed by atoms with Crippen molar-refractivity contribution in [3.8, 4) is 0 Å². The molecule has 0 atom stereocenters. The molecule has 0 aliphatic heterocycles. The van der Waals surface area contributed by atoms with E-state index in [1.807, 2.05) is 37.3 Å². The number of carbonyl (C=O) groups is 1. The second-order valence-corrected chi connectivity index (χ2v) is 9.16. The first-order valence-electron chi connectivity index (χ1n) is 9.67. The van der Waals surface area contributed by atoms with Crippen molar-refractivity contribution in [2.45, 2.75) is 38.5 Å². The van der Waals surface area contributed by atoms with Crippen LogP contribution in [0.1, 0.15) is 38.2 Å². The molecule has 2 N–H and O–H groups in total. The lowest BCUT2D eigenvalue weighted by Crippen LogP contribution is -2.16. The van der Waals surface area contributed by atoms with E-state index in [-0.39, 0.29) is 5.56 Å². The Morgan fingerprint density at radius 3 is 2.07 bits per heavy atom. The highest BCUT2D eigenvalue weighted by atomic mass is 32.2. The van der Waals surface area contributed by atoms with Crippen LogP contribution in [0.2, 0.25) is 0 Å². The molecule has 0 bridgehead atoms. The molecule has 0 aromatic heterocycles. The molecular formula is C24H25NO4S. The Labute approximate surface area is 177 Å². The van der Waals surface area contributed by atoms with Crippen LogP contribution in [0.15, 0.2) is 65.6 Å². The first-order chi connectivity index (χ1) is 14.2. The molecule has 0 heterocycles. The standard InChI is InChI=1S/C24H25NO4S/c1-16-13-17(2)23(18(3)14-16)30(28,29)25-22-11-9-19(10-12-22)7-8-20-5-4-6-21(15-20)24(26)27/h4-6,9-15,25H,7-8H2,1-3H3,(H,26,27). The van der Waals surface area contributed by atoms with Crippen molar-refractivity contribution in [3.05, 3.63) is 94.0 Å². The first-order valence-corrected chi connectivity index (χ1v) is 11.2. The van der Waals surface area contributed by atoms with E-state index in [2.05, 4.69) is 4.72 Å². The maximum absolute atomic E-state index is 12.9. The van der Waals surface area contributed by atoms with Gasteiger partial charge < -0.3 is 5.11 Å². The molecule has 0 aliphatic carbocycles. The second-order valence-electron chi connectivity index (χ2n) is 7.54. The van der Waals surface area contributed by atoms with Crippen molar-refractivity contribution in [2.75, 3.05) is 4.72 Å². The Morgan fingerprint density at radius 1 is 0.867 bits per heavy atom. The monoisotopic (exact) mass is 423 g/mol. The Morgan fingerprint density at radius 2 is 1.47 bits per heavy atom. The van der Waals surface area contributed by atoms with Gasteiger partial charge in [0.15, 0.2) is 0 Å². The molecule has 30 heavy (non-hydrogen) atoms. The molecule has 0 saturated heterocycles. The predicted molar refractivity (Wildman–Crippen MR) is 119 cm³/mol. The van der Waals surface area contributed by atoms with E-state index in [1.165, 1.54) is 0 Å². The van der Waals surface area contributed by atoms with Gasteiger partial charge in [0.2, 0.25) is 0 Å². The average molecular weight is 424 g/mol. The SMILES string of the molecule is Cc1cc(C)c(S(=O)(=O)Nc2ccc(CCc3cccc(C(=O)O)c3)cc2)c(C)c1. The molecule has 0 saturated carbocycles. The first kappa shape index (κ1) is 21.6. The molecule has 3 aromatic carbocycles. The Kier molecular flexibility index (Phi) is 6.27. The van der Waals surface area contributed by atoms with E-state index in [0.29, 0.717) is 17.0 Å². The highest BCUT2D eigenvalue weighted by Crippen LogP contribution is 2.24. The van der Waals surface area contributed by atoms with Gasteiger partial charge in [-0.05, 0) is 80.1 Å². The summed E-state index contributed by atoms with van der Waals surface area (Å²) in [6.45, 7) is 5.55. The van der Waals surface area contributed by atoms with Crippen LogP contribution in [0.25, 0.3) is 0 Å². The summed E-state index contributed by atoms with van der Waals surface area (Å²) in [7, 11) is -3.68. The molecule has 0 amide bonds. The van der Waals surface area contributed by atoms with Gasteiger partial charge in [0.25, 0.3) is 10.0 Å². The summed E-state index contributed by atoms with van der Waals surface area (Å²) in [6.07, 6.45) is 1.43. The van der Waals surface area contributed by atoms with Crippen LogP contribution in [0.4, 0.5) is 5.69 Å². The van der Waals surface area contributed by atoms with Gasteiger partial charge in [0, 0.05) is 5.69 Å². The lowest BCUT2D eigenvalue weighted by Gasteiger charge is -2.14. The zero-order valence-electron chi connectivity index (χ0n) is 17.3. The molecule has 0 aliphatic rings. The zero-order valence-corrected chi connectivity index (χ0v) is 18.1. The van der Waals surface area contributed by atoms with Crippen LogP contribution in [0, 0.1) is 20.8 Å². The van der Waals surface area contributed by atoms with E-state index in [1.54, 1.807) is 44.2 Å². The van der Waals surface area contributed by atoms with Gasteiger partial charge in [0.1, 0.15) is 0 Å². The summed E-state index contributed by atoms with van der Waals surface area (Å²) >= 11 is 0. The van der Waals surface area contributed by atoms with Crippen LogP contribution in [-0.4, -0.2) is 19.5 Å². The summed E-state index contributed by atoms with van der Waals surface area (Å²) in [5, 5.41) is 9.09. The van der Waals surface area contributed by atoms with Gasteiger partial charge in [-0.3, -0.25) is 4.72 Å². The molecule has 0 radical (unpaired) electrons. The second kappa shape index (κ2) is 8.71. The summed E-state index contributed by atoms with van der Waals surface area (Å²) in [5.74, 6) is -0.937. The Bertz CT molecular complexity index is 1160. The van der Waals surface area contributed by atoms with Crippen LogP contribution in [0.5, 0.6) is 0 Å². The number of aromatic carboxylic acids is 1. The summed E-state index contributed by atoms with van der Waals surface area (Å²) < 4.78 is 28.4. The highest BCUT2D eigenvalue weighted by molar-refractivity contribution is 7.92. The summed E-state index contributed by atoms with van der Waals surface area (Å²) in [6, 6.07) is 17.9. The Hall–Kier alpha value is -3.12. The van der Waals surface area contributed by atoms with Gasteiger partial charge in [-0.15, -0.1) is 0 Å². The molecule has 5 nitrogen and oxygen atoms in total. The van der Waals surface area contributed by atoms with Crippen molar-refractivity contribution < 1.29 is 18.3 Å². The summed E-state index contributed by atoms with van der Waals surface area (Å²) in [5.41, 5.74) is 5.25. The van der Waals surface area contributed by atoms with Gasteiger partial charge in [-0.2, -0.15) is 0 Å². The fourth-order valence-corrected chi connectivity index (χ4v) is 5.20. The number of nitrogens with one attached hydrogen (secondary N) is 1. The molecule has 0 spiro atoms. The predicted octanol–water partition coefficient (Wildman–Crippen LogP) is 4.90. The van der Waals surface area contributed by atoms with Crippen LogP contribution in [-0.2, 0) is 22.9 Å². The Balaban J connectivity index is 1.70. The largest absolute Gasteiger partial charge is 0.478 e. The molecule has 3 aromatic rings. The van der Waals surface area contributed by atoms with E-state index in [4.69, 9.17) is 5.11 Å². The van der Waals surface area contributed by atoms with Crippen LogP contribution in [0.3, 0.4) is 0 Å². The van der Waals surface area contributed by atoms with E-state index in [0.717, 1.165) is 34.2 Å². The van der Waals surface area contributed by atoms with Crippen molar-refractivity contribution in [1.82, 2.24) is 0 Å². The zero-order chi connectivity index (χ0) is 21.9.